The second-order valence-corrected chi connectivity index (χ2v) is 7.05. The summed E-state index contributed by atoms with van der Waals surface area (Å²) >= 11 is 0. The number of hydrogen-bond donors (Lipinski definition) is 1. The zero-order valence-corrected chi connectivity index (χ0v) is 14.3. The summed E-state index contributed by atoms with van der Waals surface area (Å²) in [6.07, 6.45) is 0. The highest BCUT2D eigenvalue weighted by molar-refractivity contribution is 7.85. The third-order valence-electron chi connectivity index (χ3n) is 3.56. The van der Waals surface area contributed by atoms with Gasteiger partial charge in [-0.05, 0) is 38.1 Å². The molecule has 2 rings (SSSR count). The number of para-hydroxylation sites is 1. The van der Waals surface area contributed by atoms with Crippen molar-refractivity contribution in [1.29, 1.82) is 0 Å². The fourth-order valence-corrected chi connectivity index (χ4v) is 2.20. The van der Waals surface area contributed by atoms with Crippen LogP contribution in [-0.4, -0.2) is 33.6 Å². The zero-order valence-electron chi connectivity index (χ0n) is 13.5. The summed E-state index contributed by atoms with van der Waals surface area (Å²) < 4.78 is 30.5. The Morgan fingerprint density at radius 2 is 1.45 bits per heavy atom. The lowest BCUT2D eigenvalue weighted by Crippen LogP contribution is -2.39. The Morgan fingerprint density at radius 1 is 0.955 bits per heavy atom. The summed E-state index contributed by atoms with van der Waals surface area (Å²) in [6, 6.07) is 16.6. The maximum atomic E-state index is 10.5. The summed E-state index contributed by atoms with van der Waals surface area (Å²) in [5.74, 6) is 0. The van der Waals surface area contributed by atoms with E-state index in [0.29, 0.717) is 0 Å². The van der Waals surface area contributed by atoms with E-state index in [1.807, 2.05) is 6.92 Å². The fourth-order valence-electron chi connectivity index (χ4n) is 1.72. The Morgan fingerprint density at radius 3 is 1.86 bits per heavy atom. The predicted octanol–water partition coefficient (Wildman–Crippen LogP) is 3.52. The lowest BCUT2D eigenvalue weighted by Gasteiger charge is -2.27. The first-order valence-corrected chi connectivity index (χ1v) is 8.53. The molecule has 0 saturated carbocycles. The highest BCUT2D eigenvalue weighted by Crippen LogP contribution is 2.16. The van der Waals surface area contributed by atoms with Crippen LogP contribution in [0.25, 0.3) is 0 Å². The molecule has 0 amide bonds. The van der Waals surface area contributed by atoms with Crippen molar-refractivity contribution in [2.45, 2.75) is 18.7 Å². The van der Waals surface area contributed by atoms with E-state index in [0.717, 1.165) is 16.6 Å². The Labute approximate surface area is 133 Å². The van der Waals surface area contributed by atoms with Gasteiger partial charge in [-0.15, -0.1) is 0 Å². The van der Waals surface area contributed by atoms with E-state index < -0.39 is 10.1 Å². The van der Waals surface area contributed by atoms with E-state index in [2.05, 4.69) is 51.4 Å². The average Bonchev–Trinajstić information content (AvgIpc) is 2.48. The van der Waals surface area contributed by atoms with E-state index in [1.165, 1.54) is 17.8 Å². The minimum Gasteiger partial charge on any atom is -0.296 e. The molecule has 1 N–H and O–H groups in total. The van der Waals surface area contributed by atoms with Crippen LogP contribution in [0.1, 0.15) is 12.5 Å². The molecule has 0 heterocycles. The molecule has 5 heteroatoms. The molecule has 0 aliphatic carbocycles. The molecule has 0 aromatic heterocycles. The highest BCUT2D eigenvalue weighted by atomic mass is 32.2. The Kier molecular flexibility index (Phi) is 6.29. The van der Waals surface area contributed by atoms with Crippen LogP contribution in [0.5, 0.6) is 0 Å². The highest BCUT2D eigenvalue weighted by Gasteiger charge is 2.14. The van der Waals surface area contributed by atoms with Crippen LogP contribution in [0.15, 0.2) is 59.5 Å². The zero-order chi connectivity index (χ0) is 16.8. The third-order valence-corrected chi connectivity index (χ3v) is 4.43. The van der Waals surface area contributed by atoms with Gasteiger partial charge in [0.1, 0.15) is 5.69 Å². The Hall–Kier alpha value is -1.69. The monoisotopic (exact) mass is 322 g/mol. The average molecular weight is 322 g/mol. The normalized spacial score (nSPS) is 11.5. The van der Waals surface area contributed by atoms with Crippen LogP contribution in [0.4, 0.5) is 5.69 Å². The molecule has 0 bridgehead atoms. The Balaban J connectivity index is 0.000000220. The number of hydrogen-bond acceptors (Lipinski definition) is 2. The molecule has 0 aliphatic rings. The second kappa shape index (κ2) is 7.54. The SMILES string of the molecule is CC[N+](C)(C)c1ccccc1.Cc1ccc(S(=O)(=O)O)cc1. The second-order valence-electron chi connectivity index (χ2n) is 5.62. The summed E-state index contributed by atoms with van der Waals surface area (Å²) in [6.45, 7) is 5.17. The first-order valence-electron chi connectivity index (χ1n) is 7.09. The van der Waals surface area contributed by atoms with E-state index in [4.69, 9.17) is 4.55 Å². The van der Waals surface area contributed by atoms with E-state index >= 15 is 0 Å². The molecule has 0 saturated heterocycles. The van der Waals surface area contributed by atoms with Gasteiger partial charge < -0.3 is 0 Å². The summed E-state index contributed by atoms with van der Waals surface area (Å²) in [5, 5.41) is 0. The van der Waals surface area contributed by atoms with Crippen molar-refractivity contribution in [2.75, 3.05) is 20.6 Å². The van der Waals surface area contributed by atoms with Crippen LogP contribution >= 0.6 is 0 Å². The molecular weight excluding hydrogens is 298 g/mol. The van der Waals surface area contributed by atoms with E-state index in [-0.39, 0.29) is 4.90 Å². The maximum absolute atomic E-state index is 10.5. The summed E-state index contributed by atoms with van der Waals surface area (Å²) in [7, 11) is 0.416. The molecular formula is C17H24NO3S+. The van der Waals surface area contributed by atoms with Crippen molar-refractivity contribution in [3.8, 4) is 0 Å². The van der Waals surface area contributed by atoms with Crippen LogP contribution < -0.4 is 4.48 Å². The molecule has 4 nitrogen and oxygen atoms in total. The van der Waals surface area contributed by atoms with Gasteiger partial charge in [0.15, 0.2) is 0 Å². The molecule has 0 fully saturated rings. The molecule has 0 atom stereocenters. The molecule has 120 valence electrons. The van der Waals surface area contributed by atoms with Gasteiger partial charge in [0.25, 0.3) is 10.1 Å². The number of nitrogens with zero attached hydrogens (tertiary/aromatic N) is 1. The number of rotatable bonds is 3. The van der Waals surface area contributed by atoms with Gasteiger partial charge >= 0.3 is 0 Å². The van der Waals surface area contributed by atoms with Crippen molar-refractivity contribution in [2.24, 2.45) is 0 Å². The van der Waals surface area contributed by atoms with Gasteiger partial charge in [0.05, 0.1) is 25.5 Å². The smallest absolute Gasteiger partial charge is 0.294 e. The van der Waals surface area contributed by atoms with Gasteiger partial charge in [-0.2, -0.15) is 8.42 Å². The van der Waals surface area contributed by atoms with Crippen LogP contribution in [0.2, 0.25) is 0 Å². The van der Waals surface area contributed by atoms with Crippen molar-refractivity contribution >= 4 is 15.8 Å². The minimum atomic E-state index is -4.02. The molecule has 0 unspecified atom stereocenters. The first kappa shape index (κ1) is 18.4. The van der Waals surface area contributed by atoms with Crippen LogP contribution in [0, 0.1) is 6.92 Å². The largest absolute Gasteiger partial charge is 0.296 e. The van der Waals surface area contributed by atoms with E-state index in [1.54, 1.807) is 12.1 Å². The predicted molar refractivity (Wildman–Crippen MR) is 91.6 cm³/mol. The van der Waals surface area contributed by atoms with Gasteiger partial charge in [-0.25, -0.2) is 0 Å². The van der Waals surface area contributed by atoms with Crippen LogP contribution in [0.3, 0.4) is 0 Å². The number of aryl methyl sites for hydroxylation is 1. The number of quaternary nitrogens is 1. The molecule has 0 spiro atoms. The van der Waals surface area contributed by atoms with Crippen LogP contribution in [-0.2, 0) is 10.1 Å². The quantitative estimate of drug-likeness (QED) is 0.695. The fraction of sp³-hybridized carbons (Fsp3) is 0.294. The lowest BCUT2D eigenvalue weighted by molar-refractivity contribution is 0.421. The van der Waals surface area contributed by atoms with Crippen molar-refractivity contribution in [1.82, 2.24) is 4.48 Å². The number of benzene rings is 2. The lowest BCUT2D eigenvalue weighted by atomic mass is 10.2. The van der Waals surface area contributed by atoms with E-state index in [9.17, 15) is 8.42 Å². The first-order chi connectivity index (χ1) is 10.2. The van der Waals surface area contributed by atoms with Crippen molar-refractivity contribution in [3.05, 3.63) is 60.2 Å². The van der Waals surface area contributed by atoms with Gasteiger partial charge in [-0.1, -0.05) is 35.9 Å². The van der Waals surface area contributed by atoms with Crippen molar-refractivity contribution < 1.29 is 13.0 Å². The molecule has 2 aromatic carbocycles. The van der Waals surface area contributed by atoms with Gasteiger partial charge in [-0.3, -0.25) is 9.04 Å². The molecule has 2 aromatic rings. The molecule has 0 aliphatic heterocycles. The standard InChI is InChI=1S/C10H16N.C7H8O3S/c1-4-11(2,3)10-8-6-5-7-9-10;1-6-2-4-7(5-3-6)11(8,9)10/h5-9H,4H2,1-3H3;2-5H,1H3,(H,8,9,10)/q+1;. The molecule has 0 radical (unpaired) electrons. The summed E-state index contributed by atoms with van der Waals surface area (Å²) in [4.78, 5) is -0.0666. The van der Waals surface area contributed by atoms with Gasteiger partial charge in [0, 0.05) is 0 Å². The van der Waals surface area contributed by atoms with Crippen molar-refractivity contribution in [3.63, 3.8) is 0 Å². The Bertz CT molecular complexity index is 678. The maximum Gasteiger partial charge on any atom is 0.294 e. The topological polar surface area (TPSA) is 54.4 Å². The third kappa shape index (κ3) is 5.60. The van der Waals surface area contributed by atoms with Gasteiger partial charge in [0.2, 0.25) is 0 Å². The molecule has 22 heavy (non-hydrogen) atoms. The summed E-state index contributed by atoms with van der Waals surface area (Å²) in [5.41, 5.74) is 2.33. The minimum absolute atomic E-state index is 0.0666.